The van der Waals surface area contributed by atoms with Crippen molar-refractivity contribution in [1.29, 1.82) is 0 Å². The van der Waals surface area contributed by atoms with E-state index in [1.165, 1.54) is 4.90 Å². The molecule has 0 radical (unpaired) electrons. The molecule has 3 rings (SSSR count). The molecule has 1 amide bonds. The summed E-state index contributed by atoms with van der Waals surface area (Å²) in [5.74, 6) is -0.645. The van der Waals surface area contributed by atoms with Gasteiger partial charge in [-0.3, -0.25) is 4.79 Å². The van der Waals surface area contributed by atoms with Gasteiger partial charge in [0, 0.05) is 6.54 Å². The summed E-state index contributed by atoms with van der Waals surface area (Å²) in [7, 11) is 0. The second-order valence-corrected chi connectivity index (χ2v) is 4.99. The smallest absolute Gasteiger partial charge is 0.391 e. The maximum atomic E-state index is 12.2. The van der Waals surface area contributed by atoms with Crippen LogP contribution in [0.2, 0.25) is 0 Å². The van der Waals surface area contributed by atoms with Crippen molar-refractivity contribution in [2.45, 2.75) is 50.4 Å². The van der Waals surface area contributed by atoms with Crippen LogP contribution in [0, 0.1) is 5.92 Å². The first-order valence-corrected chi connectivity index (χ1v) is 5.91. The molecular formula is C11H16F3NO2. The van der Waals surface area contributed by atoms with Crippen molar-refractivity contribution in [3.05, 3.63) is 0 Å². The normalized spacial score (nSPS) is 33.6. The Labute approximate surface area is 97.6 Å². The van der Waals surface area contributed by atoms with E-state index in [1.54, 1.807) is 0 Å². The standard InChI is InChI=1S/C11H16F3NO2/c12-11(13,14)5-10(17)15-6-7-1-3-8(15)9(16)4-2-7/h7-9,16H,1-6H2/t7?,8?,9-/m0/s1. The molecule has 0 aromatic rings. The fourth-order valence-corrected chi connectivity index (χ4v) is 2.86. The van der Waals surface area contributed by atoms with Crippen LogP contribution in [-0.4, -0.2) is 40.8 Å². The van der Waals surface area contributed by atoms with Crippen LogP contribution in [0.4, 0.5) is 13.2 Å². The van der Waals surface area contributed by atoms with Crippen molar-refractivity contribution in [1.82, 2.24) is 4.90 Å². The maximum absolute atomic E-state index is 12.2. The quantitative estimate of drug-likeness (QED) is 0.770. The molecule has 2 aliphatic heterocycles. The third-order valence-corrected chi connectivity index (χ3v) is 3.71. The Hall–Kier alpha value is -0.780. The van der Waals surface area contributed by atoms with E-state index in [9.17, 15) is 23.1 Å². The SMILES string of the molecule is O=C(CC(F)(F)F)N1CC2CCC1[C@@H](O)CC2. The molecule has 3 atom stereocenters. The van der Waals surface area contributed by atoms with Gasteiger partial charge in [-0.2, -0.15) is 13.2 Å². The largest absolute Gasteiger partial charge is 0.397 e. The van der Waals surface area contributed by atoms with Crippen LogP contribution < -0.4 is 0 Å². The van der Waals surface area contributed by atoms with Crippen LogP contribution in [0.5, 0.6) is 0 Å². The van der Waals surface area contributed by atoms with E-state index in [2.05, 4.69) is 0 Å². The summed E-state index contributed by atoms with van der Waals surface area (Å²) in [6.07, 6.45) is -3.64. The number of piperidine rings is 1. The number of halogens is 3. The Morgan fingerprint density at radius 1 is 1.24 bits per heavy atom. The van der Waals surface area contributed by atoms with Crippen molar-refractivity contribution in [3.8, 4) is 0 Å². The molecular weight excluding hydrogens is 235 g/mol. The van der Waals surface area contributed by atoms with Crippen molar-refractivity contribution >= 4 is 5.91 Å². The topological polar surface area (TPSA) is 40.5 Å². The predicted octanol–water partition coefficient (Wildman–Crippen LogP) is 1.70. The number of carbonyl (C=O) groups is 1. The van der Waals surface area contributed by atoms with Crippen molar-refractivity contribution in [2.24, 2.45) is 5.92 Å². The predicted molar refractivity (Wildman–Crippen MR) is 54.1 cm³/mol. The summed E-state index contributed by atoms with van der Waals surface area (Å²) in [4.78, 5) is 12.8. The van der Waals surface area contributed by atoms with Crippen molar-refractivity contribution < 1.29 is 23.1 Å². The lowest BCUT2D eigenvalue weighted by molar-refractivity contribution is -0.166. The van der Waals surface area contributed by atoms with E-state index in [0.717, 1.165) is 12.8 Å². The highest BCUT2D eigenvalue weighted by Crippen LogP contribution is 2.34. The minimum atomic E-state index is -4.46. The second kappa shape index (κ2) is 4.48. The first-order valence-electron chi connectivity index (χ1n) is 5.91. The number of rotatable bonds is 1. The molecule has 2 bridgehead atoms. The summed E-state index contributed by atoms with van der Waals surface area (Å²) in [5, 5.41) is 9.82. The molecule has 3 aliphatic rings. The molecule has 0 aromatic carbocycles. The molecule has 2 unspecified atom stereocenters. The molecule has 0 spiro atoms. The average molecular weight is 251 g/mol. The molecule has 2 heterocycles. The first kappa shape index (κ1) is 12.7. The number of amides is 1. The molecule has 6 heteroatoms. The summed E-state index contributed by atoms with van der Waals surface area (Å²) in [6.45, 7) is 0.372. The van der Waals surface area contributed by atoms with Gasteiger partial charge in [0.2, 0.25) is 5.91 Å². The van der Waals surface area contributed by atoms with Gasteiger partial charge in [0.15, 0.2) is 0 Å². The molecule has 1 N–H and O–H groups in total. The molecule has 1 aliphatic carbocycles. The fraction of sp³-hybridized carbons (Fsp3) is 0.909. The lowest BCUT2D eigenvalue weighted by Crippen LogP contribution is -2.50. The summed E-state index contributed by atoms with van der Waals surface area (Å²) in [6, 6.07) is -0.413. The molecule has 98 valence electrons. The number of hydrogen-bond acceptors (Lipinski definition) is 2. The van der Waals surface area contributed by atoms with Gasteiger partial charge in [0.25, 0.3) is 0 Å². The van der Waals surface area contributed by atoms with Gasteiger partial charge in [-0.25, -0.2) is 0 Å². The van der Waals surface area contributed by atoms with Crippen LogP contribution in [0.25, 0.3) is 0 Å². The van der Waals surface area contributed by atoms with E-state index in [4.69, 9.17) is 0 Å². The third-order valence-electron chi connectivity index (χ3n) is 3.71. The zero-order chi connectivity index (χ0) is 12.6. The van der Waals surface area contributed by atoms with Gasteiger partial charge in [-0.1, -0.05) is 0 Å². The number of carbonyl (C=O) groups excluding carboxylic acids is 1. The van der Waals surface area contributed by atoms with Crippen LogP contribution in [0.3, 0.4) is 0 Å². The van der Waals surface area contributed by atoms with E-state index < -0.39 is 30.7 Å². The van der Waals surface area contributed by atoms with Crippen LogP contribution in [-0.2, 0) is 4.79 Å². The Morgan fingerprint density at radius 2 is 1.88 bits per heavy atom. The van der Waals surface area contributed by atoms with Crippen molar-refractivity contribution in [2.75, 3.05) is 6.54 Å². The Balaban J connectivity index is 2.07. The number of aliphatic hydroxyl groups is 1. The molecule has 0 aromatic heterocycles. The molecule has 17 heavy (non-hydrogen) atoms. The molecule has 3 fully saturated rings. The number of alkyl halides is 3. The van der Waals surface area contributed by atoms with Gasteiger partial charge in [-0.15, -0.1) is 0 Å². The van der Waals surface area contributed by atoms with Gasteiger partial charge >= 0.3 is 6.18 Å². The highest BCUT2D eigenvalue weighted by Gasteiger charge is 2.42. The van der Waals surface area contributed by atoms with Crippen LogP contribution in [0.1, 0.15) is 32.1 Å². The van der Waals surface area contributed by atoms with Gasteiger partial charge in [0.1, 0.15) is 6.42 Å². The zero-order valence-corrected chi connectivity index (χ0v) is 9.41. The van der Waals surface area contributed by atoms with Crippen LogP contribution >= 0.6 is 0 Å². The lowest BCUT2D eigenvalue weighted by Gasteiger charge is -2.38. The van der Waals surface area contributed by atoms with E-state index in [0.29, 0.717) is 19.4 Å². The molecule has 3 nitrogen and oxygen atoms in total. The van der Waals surface area contributed by atoms with Crippen molar-refractivity contribution in [3.63, 3.8) is 0 Å². The fourth-order valence-electron chi connectivity index (χ4n) is 2.86. The Bertz CT molecular complexity index is 306. The number of aliphatic hydroxyl groups excluding tert-OH is 1. The van der Waals surface area contributed by atoms with Gasteiger partial charge in [-0.05, 0) is 31.6 Å². The summed E-state index contributed by atoms with van der Waals surface area (Å²) < 4.78 is 36.6. The third kappa shape index (κ3) is 2.91. The van der Waals surface area contributed by atoms with E-state index in [-0.39, 0.29) is 5.92 Å². The highest BCUT2D eigenvalue weighted by molar-refractivity contribution is 5.77. The number of hydrogen-bond donors (Lipinski definition) is 1. The maximum Gasteiger partial charge on any atom is 0.397 e. The van der Waals surface area contributed by atoms with E-state index in [1.807, 2.05) is 0 Å². The summed E-state index contributed by atoms with van der Waals surface area (Å²) >= 11 is 0. The minimum Gasteiger partial charge on any atom is -0.391 e. The summed E-state index contributed by atoms with van der Waals surface area (Å²) in [5.41, 5.74) is 0. The number of nitrogens with zero attached hydrogens (tertiary/aromatic N) is 1. The van der Waals surface area contributed by atoms with Crippen LogP contribution in [0.15, 0.2) is 0 Å². The molecule has 2 saturated heterocycles. The Morgan fingerprint density at radius 3 is 2.53 bits per heavy atom. The minimum absolute atomic E-state index is 0.251. The second-order valence-electron chi connectivity index (χ2n) is 4.99. The lowest BCUT2D eigenvalue weighted by atomic mass is 9.94. The van der Waals surface area contributed by atoms with Gasteiger partial charge < -0.3 is 10.0 Å². The van der Waals surface area contributed by atoms with Gasteiger partial charge in [0.05, 0.1) is 12.1 Å². The van der Waals surface area contributed by atoms with E-state index >= 15 is 0 Å². The highest BCUT2D eigenvalue weighted by atomic mass is 19.4. The first-order chi connectivity index (χ1) is 7.87. The molecule has 1 saturated carbocycles. The Kier molecular flexibility index (Phi) is 3.34. The monoisotopic (exact) mass is 251 g/mol. The average Bonchev–Trinajstić information content (AvgIpc) is 2.47. The zero-order valence-electron chi connectivity index (χ0n) is 9.41. The number of fused-ring (bicyclic) bond motifs is 4.